The summed E-state index contributed by atoms with van der Waals surface area (Å²) in [5, 5.41) is 6.08. The zero-order valence-electron chi connectivity index (χ0n) is 11.9. The summed E-state index contributed by atoms with van der Waals surface area (Å²) < 4.78 is 11.0. The van der Waals surface area contributed by atoms with E-state index in [2.05, 4.69) is 17.6 Å². The molecular weight excluding hydrogens is 256 g/mol. The topological polar surface area (TPSA) is 59.6 Å². The largest absolute Gasteiger partial charge is 0.477 e. The zero-order valence-corrected chi connectivity index (χ0v) is 11.9. The summed E-state index contributed by atoms with van der Waals surface area (Å²) in [4.78, 5) is 12.0. The summed E-state index contributed by atoms with van der Waals surface area (Å²) in [6.45, 7) is 4.65. The minimum absolute atomic E-state index is 0.0810. The van der Waals surface area contributed by atoms with E-state index in [0.717, 1.165) is 30.9 Å². The first-order chi connectivity index (χ1) is 9.81. The van der Waals surface area contributed by atoms with Crippen molar-refractivity contribution >= 4 is 11.6 Å². The number of hydrogen-bond acceptors (Lipinski definition) is 4. The molecule has 1 heterocycles. The average Bonchev–Trinajstić information content (AvgIpc) is 2.50. The molecule has 2 rings (SSSR count). The van der Waals surface area contributed by atoms with Gasteiger partial charge in [0.25, 0.3) is 5.91 Å². The molecule has 1 aliphatic rings. The van der Waals surface area contributed by atoms with Gasteiger partial charge in [-0.2, -0.15) is 0 Å². The predicted molar refractivity (Wildman–Crippen MR) is 78.1 cm³/mol. The third-order valence-electron chi connectivity index (χ3n) is 3.04. The predicted octanol–water partition coefficient (Wildman–Crippen LogP) is 1.79. The van der Waals surface area contributed by atoms with Crippen LogP contribution in [0, 0.1) is 0 Å². The van der Waals surface area contributed by atoms with Crippen molar-refractivity contribution in [3.8, 4) is 5.75 Å². The summed E-state index contributed by atoms with van der Waals surface area (Å²) in [5.41, 5.74) is 0.935. The summed E-state index contributed by atoms with van der Waals surface area (Å²) >= 11 is 0. The van der Waals surface area contributed by atoms with Gasteiger partial charge in [0.2, 0.25) is 0 Å². The summed E-state index contributed by atoms with van der Waals surface area (Å²) in [6.07, 6.45) is 1.37. The van der Waals surface area contributed by atoms with Crippen LogP contribution in [-0.2, 0) is 9.53 Å². The highest BCUT2D eigenvalue weighted by Gasteiger charge is 2.24. The second-order valence-electron chi connectivity index (χ2n) is 4.74. The Morgan fingerprint density at radius 2 is 2.30 bits per heavy atom. The average molecular weight is 278 g/mol. The fourth-order valence-electron chi connectivity index (χ4n) is 2.01. The molecule has 2 N–H and O–H groups in total. The van der Waals surface area contributed by atoms with E-state index >= 15 is 0 Å². The van der Waals surface area contributed by atoms with Crippen LogP contribution >= 0.6 is 0 Å². The molecule has 0 fully saturated rings. The number of amides is 1. The summed E-state index contributed by atoms with van der Waals surface area (Å²) in [7, 11) is 0. The lowest BCUT2D eigenvalue weighted by molar-refractivity contribution is -0.127. The summed E-state index contributed by atoms with van der Waals surface area (Å²) in [6, 6.07) is 7.63. The van der Waals surface area contributed by atoms with Crippen molar-refractivity contribution in [2.24, 2.45) is 0 Å². The molecule has 0 radical (unpaired) electrons. The fourth-order valence-corrected chi connectivity index (χ4v) is 2.01. The highest BCUT2D eigenvalue weighted by molar-refractivity contribution is 5.83. The van der Waals surface area contributed by atoms with Gasteiger partial charge in [-0.15, -0.1) is 0 Å². The van der Waals surface area contributed by atoms with Crippen LogP contribution in [0.15, 0.2) is 24.3 Å². The summed E-state index contributed by atoms with van der Waals surface area (Å²) in [5.74, 6) is 0.646. The molecule has 1 amide bonds. The number of fused-ring (bicyclic) bond motifs is 1. The lowest BCUT2D eigenvalue weighted by atomic mass is 10.2. The Kier molecular flexibility index (Phi) is 5.68. The molecule has 20 heavy (non-hydrogen) atoms. The van der Waals surface area contributed by atoms with Crippen LogP contribution in [0.1, 0.15) is 19.8 Å². The first-order valence-corrected chi connectivity index (χ1v) is 7.16. The van der Waals surface area contributed by atoms with E-state index in [-0.39, 0.29) is 5.91 Å². The van der Waals surface area contributed by atoms with Crippen molar-refractivity contribution in [2.45, 2.75) is 25.9 Å². The SMILES string of the molecule is CCCOCCCNC(=O)C1CNc2ccccc2O1. The van der Waals surface area contributed by atoms with Crippen molar-refractivity contribution in [3.05, 3.63) is 24.3 Å². The smallest absolute Gasteiger partial charge is 0.262 e. The first-order valence-electron chi connectivity index (χ1n) is 7.16. The molecule has 1 aromatic carbocycles. The second-order valence-corrected chi connectivity index (χ2v) is 4.74. The number of anilines is 1. The Balaban J connectivity index is 1.69. The number of carbonyl (C=O) groups is 1. The Labute approximate surface area is 119 Å². The first kappa shape index (κ1) is 14.7. The number of ether oxygens (including phenoxy) is 2. The van der Waals surface area contributed by atoms with Crippen LogP contribution in [0.4, 0.5) is 5.69 Å². The van der Waals surface area contributed by atoms with Gasteiger partial charge in [-0.25, -0.2) is 0 Å². The Morgan fingerprint density at radius 3 is 3.15 bits per heavy atom. The molecule has 1 unspecified atom stereocenters. The molecule has 0 spiro atoms. The Bertz CT molecular complexity index is 437. The molecule has 1 atom stereocenters. The Morgan fingerprint density at radius 1 is 1.45 bits per heavy atom. The third kappa shape index (κ3) is 4.13. The number of benzene rings is 1. The van der Waals surface area contributed by atoms with Crippen molar-refractivity contribution in [1.82, 2.24) is 5.32 Å². The molecule has 0 bridgehead atoms. The Hall–Kier alpha value is -1.75. The molecule has 0 saturated carbocycles. The van der Waals surface area contributed by atoms with Crippen molar-refractivity contribution < 1.29 is 14.3 Å². The number of para-hydroxylation sites is 2. The van der Waals surface area contributed by atoms with E-state index in [1.807, 2.05) is 24.3 Å². The van der Waals surface area contributed by atoms with Crippen LogP contribution in [0.25, 0.3) is 0 Å². The fraction of sp³-hybridized carbons (Fsp3) is 0.533. The van der Waals surface area contributed by atoms with Crippen molar-refractivity contribution in [3.63, 3.8) is 0 Å². The number of rotatable bonds is 7. The standard InChI is InChI=1S/C15H22N2O3/c1-2-9-19-10-5-8-16-15(18)14-11-17-12-6-3-4-7-13(12)20-14/h3-4,6-7,14,17H,2,5,8-11H2,1H3,(H,16,18). The van der Waals surface area contributed by atoms with Crippen LogP contribution in [0.3, 0.4) is 0 Å². The molecule has 110 valence electrons. The minimum Gasteiger partial charge on any atom is -0.477 e. The van der Waals surface area contributed by atoms with Crippen LogP contribution in [0.5, 0.6) is 5.75 Å². The van der Waals surface area contributed by atoms with Gasteiger partial charge in [0.05, 0.1) is 12.2 Å². The minimum atomic E-state index is -0.471. The highest BCUT2D eigenvalue weighted by Crippen LogP contribution is 2.28. The maximum absolute atomic E-state index is 12.0. The third-order valence-corrected chi connectivity index (χ3v) is 3.04. The van der Waals surface area contributed by atoms with Gasteiger partial charge < -0.3 is 20.1 Å². The van der Waals surface area contributed by atoms with E-state index in [0.29, 0.717) is 19.7 Å². The normalized spacial score (nSPS) is 16.8. The second kappa shape index (κ2) is 7.75. The van der Waals surface area contributed by atoms with E-state index in [9.17, 15) is 4.79 Å². The molecule has 0 saturated heterocycles. The lowest BCUT2D eigenvalue weighted by Gasteiger charge is -2.26. The van der Waals surface area contributed by atoms with Crippen LogP contribution in [-0.4, -0.2) is 38.3 Å². The van der Waals surface area contributed by atoms with E-state index in [1.165, 1.54) is 0 Å². The van der Waals surface area contributed by atoms with Crippen molar-refractivity contribution in [1.29, 1.82) is 0 Å². The highest BCUT2D eigenvalue weighted by atomic mass is 16.5. The van der Waals surface area contributed by atoms with Gasteiger partial charge in [0.1, 0.15) is 5.75 Å². The molecule has 0 aliphatic carbocycles. The molecule has 1 aliphatic heterocycles. The number of carbonyl (C=O) groups excluding carboxylic acids is 1. The van der Waals surface area contributed by atoms with Gasteiger partial charge in [-0.3, -0.25) is 4.79 Å². The van der Waals surface area contributed by atoms with Gasteiger partial charge in [0, 0.05) is 19.8 Å². The molecular formula is C15H22N2O3. The molecule has 1 aromatic rings. The molecule has 5 heteroatoms. The van der Waals surface area contributed by atoms with Gasteiger partial charge in [-0.1, -0.05) is 19.1 Å². The van der Waals surface area contributed by atoms with Crippen LogP contribution < -0.4 is 15.4 Å². The van der Waals surface area contributed by atoms with Crippen molar-refractivity contribution in [2.75, 3.05) is 31.6 Å². The quantitative estimate of drug-likeness (QED) is 0.747. The maximum Gasteiger partial charge on any atom is 0.262 e. The van der Waals surface area contributed by atoms with Gasteiger partial charge in [0.15, 0.2) is 6.10 Å². The van der Waals surface area contributed by atoms with Gasteiger partial charge >= 0.3 is 0 Å². The van der Waals surface area contributed by atoms with Gasteiger partial charge in [-0.05, 0) is 25.0 Å². The lowest BCUT2D eigenvalue weighted by Crippen LogP contribution is -2.45. The maximum atomic E-state index is 12.0. The molecule has 5 nitrogen and oxygen atoms in total. The van der Waals surface area contributed by atoms with E-state index in [1.54, 1.807) is 0 Å². The molecule has 0 aromatic heterocycles. The van der Waals surface area contributed by atoms with E-state index in [4.69, 9.17) is 9.47 Å². The zero-order chi connectivity index (χ0) is 14.2. The number of nitrogens with one attached hydrogen (secondary N) is 2. The van der Waals surface area contributed by atoms with E-state index < -0.39 is 6.10 Å². The van der Waals surface area contributed by atoms with Crippen LogP contribution in [0.2, 0.25) is 0 Å². The number of hydrogen-bond donors (Lipinski definition) is 2. The monoisotopic (exact) mass is 278 g/mol.